The Morgan fingerprint density at radius 1 is 1.06 bits per heavy atom. The standard InChI is InChI=1S/C26H30N2O2S/c1-6-27(5)23-11-9-10-12-25(23)31-19(4)13-14-21-17-20-15-16-22(28(7-2)8-3)18-24(20)30-26(21)29/h9-18H,4,6-8H2,1-3,5H3/b14-13+. The number of hydrogen-bond donors (Lipinski definition) is 0. The maximum atomic E-state index is 12.5. The molecule has 0 aliphatic carbocycles. The van der Waals surface area contributed by atoms with E-state index in [1.807, 2.05) is 36.4 Å². The van der Waals surface area contributed by atoms with Gasteiger partial charge >= 0.3 is 5.63 Å². The first-order valence-corrected chi connectivity index (χ1v) is 11.5. The van der Waals surface area contributed by atoms with Crippen LogP contribution in [0, 0.1) is 0 Å². The monoisotopic (exact) mass is 434 g/mol. The average molecular weight is 435 g/mol. The van der Waals surface area contributed by atoms with Gasteiger partial charge in [0.15, 0.2) is 0 Å². The van der Waals surface area contributed by atoms with Crippen LogP contribution in [-0.2, 0) is 0 Å². The number of nitrogens with zero attached hydrogens (tertiary/aromatic N) is 2. The molecule has 0 atom stereocenters. The number of fused-ring (bicyclic) bond motifs is 1. The Labute approximate surface area is 188 Å². The van der Waals surface area contributed by atoms with Crippen LogP contribution in [0.15, 0.2) is 80.2 Å². The minimum absolute atomic E-state index is 0.343. The minimum atomic E-state index is -0.343. The van der Waals surface area contributed by atoms with Crippen LogP contribution in [0.4, 0.5) is 11.4 Å². The van der Waals surface area contributed by atoms with E-state index >= 15 is 0 Å². The summed E-state index contributed by atoms with van der Waals surface area (Å²) in [7, 11) is 2.07. The van der Waals surface area contributed by atoms with Crippen molar-refractivity contribution in [2.24, 2.45) is 0 Å². The fourth-order valence-electron chi connectivity index (χ4n) is 3.40. The normalized spacial score (nSPS) is 11.2. The third-order valence-electron chi connectivity index (χ3n) is 5.32. The molecule has 0 saturated heterocycles. The van der Waals surface area contributed by atoms with Gasteiger partial charge in [0.1, 0.15) is 5.58 Å². The third-order valence-corrected chi connectivity index (χ3v) is 6.28. The van der Waals surface area contributed by atoms with Gasteiger partial charge in [-0.15, -0.1) is 0 Å². The number of benzene rings is 2. The molecule has 1 aromatic heterocycles. The second-order valence-corrected chi connectivity index (χ2v) is 8.44. The van der Waals surface area contributed by atoms with Gasteiger partial charge in [0.05, 0.1) is 11.3 Å². The minimum Gasteiger partial charge on any atom is -0.422 e. The first-order valence-electron chi connectivity index (χ1n) is 10.6. The highest BCUT2D eigenvalue weighted by atomic mass is 32.2. The lowest BCUT2D eigenvalue weighted by atomic mass is 10.1. The first kappa shape index (κ1) is 22.8. The summed E-state index contributed by atoms with van der Waals surface area (Å²) in [5.41, 5.74) is 3.01. The van der Waals surface area contributed by atoms with Gasteiger partial charge in [0.25, 0.3) is 0 Å². The van der Waals surface area contributed by atoms with Crippen LogP contribution >= 0.6 is 11.8 Å². The molecule has 162 valence electrons. The summed E-state index contributed by atoms with van der Waals surface area (Å²) >= 11 is 1.59. The van der Waals surface area contributed by atoms with Crippen LogP contribution in [0.25, 0.3) is 17.0 Å². The molecule has 1 heterocycles. The first-order chi connectivity index (χ1) is 15.0. The van der Waals surface area contributed by atoms with Gasteiger partial charge in [-0.25, -0.2) is 4.79 Å². The molecule has 4 nitrogen and oxygen atoms in total. The van der Waals surface area contributed by atoms with E-state index in [0.717, 1.165) is 40.5 Å². The molecule has 0 spiro atoms. The Balaban J connectivity index is 1.81. The smallest absolute Gasteiger partial charge is 0.343 e. The molecular formula is C26H30N2O2S. The summed E-state index contributed by atoms with van der Waals surface area (Å²) in [5, 5.41) is 0.906. The van der Waals surface area contributed by atoms with Crippen molar-refractivity contribution in [3.8, 4) is 0 Å². The number of para-hydroxylation sites is 1. The van der Waals surface area contributed by atoms with Crippen molar-refractivity contribution in [1.82, 2.24) is 0 Å². The van der Waals surface area contributed by atoms with Gasteiger partial charge in [-0.2, -0.15) is 0 Å². The Kier molecular flexibility index (Phi) is 7.64. The molecule has 5 heteroatoms. The molecule has 31 heavy (non-hydrogen) atoms. The van der Waals surface area contributed by atoms with Crippen molar-refractivity contribution in [1.29, 1.82) is 0 Å². The molecule has 0 unspecified atom stereocenters. The number of thioether (sulfide) groups is 1. The van der Waals surface area contributed by atoms with E-state index in [9.17, 15) is 4.79 Å². The summed E-state index contributed by atoms with van der Waals surface area (Å²) in [6.07, 6.45) is 3.65. The van der Waals surface area contributed by atoms with Crippen molar-refractivity contribution in [3.63, 3.8) is 0 Å². The van der Waals surface area contributed by atoms with Gasteiger partial charge in [-0.1, -0.05) is 30.5 Å². The van der Waals surface area contributed by atoms with E-state index in [0.29, 0.717) is 11.1 Å². The molecule has 0 N–H and O–H groups in total. The largest absolute Gasteiger partial charge is 0.422 e. The maximum Gasteiger partial charge on any atom is 0.343 e. The SMILES string of the molecule is C=C(/C=C/c1cc2ccc(N(CC)CC)cc2oc1=O)Sc1ccccc1N(C)CC. The Bertz CT molecular complexity index is 1150. The van der Waals surface area contributed by atoms with Gasteiger partial charge in [-0.05, 0) is 63.3 Å². The molecule has 0 aliphatic rings. The van der Waals surface area contributed by atoms with Crippen LogP contribution in [0.5, 0.6) is 0 Å². The van der Waals surface area contributed by atoms with E-state index < -0.39 is 0 Å². The third kappa shape index (κ3) is 5.42. The van der Waals surface area contributed by atoms with Crippen molar-refractivity contribution >= 4 is 40.2 Å². The zero-order valence-electron chi connectivity index (χ0n) is 18.7. The lowest BCUT2D eigenvalue weighted by Gasteiger charge is -2.20. The number of anilines is 2. The van der Waals surface area contributed by atoms with Crippen molar-refractivity contribution in [3.05, 3.63) is 82.1 Å². The van der Waals surface area contributed by atoms with Crippen molar-refractivity contribution < 1.29 is 4.42 Å². The molecule has 0 aliphatic heterocycles. The highest BCUT2D eigenvalue weighted by Crippen LogP contribution is 2.34. The molecule has 0 fully saturated rings. The summed E-state index contributed by atoms with van der Waals surface area (Å²) in [5.74, 6) is 0. The Morgan fingerprint density at radius 2 is 1.81 bits per heavy atom. The zero-order valence-corrected chi connectivity index (χ0v) is 19.5. The summed E-state index contributed by atoms with van der Waals surface area (Å²) in [4.78, 5) is 18.9. The van der Waals surface area contributed by atoms with Gasteiger partial charge in [-0.3, -0.25) is 0 Å². The molecule has 3 rings (SSSR count). The maximum absolute atomic E-state index is 12.5. The molecule has 0 saturated carbocycles. The zero-order chi connectivity index (χ0) is 22.4. The van der Waals surface area contributed by atoms with Crippen LogP contribution in [0.3, 0.4) is 0 Å². The van der Waals surface area contributed by atoms with Crippen molar-refractivity contribution in [2.75, 3.05) is 36.5 Å². The van der Waals surface area contributed by atoms with E-state index in [4.69, 9.17) is 4.42 Å². The highest BCUT2D eigenvalue weighted by molar-refractivity contribution is 8.03. The summed E-state index contributed by atoms with van der Waals surface area (Å²) in [6, 6.07) is 16.1. The van der Waals surface area contributed by atoms with E-state index in [1.165, 1.54) is 5.69 Å². The van der Waals surface area contributed by atoms with Crippen molar-refractivity contribution in [2.45, 2.75) is 25.7 Å². The molecule has 0 radical (unpaired) electrons. The number of hydrogen-bond acceptors (Lipinski definition) is 5. The summed E-state index contributed by atoms with van der Waals surface area (Å²) < 4.78 is 5.61. The Hall–Kier alpha value is -2.92. The van der Waals surface area contributed by atoms with E-state index in [2.05, 4.69) is 62.4 Å². The fourth-order valence-corrected chi connectivity index (χ4v) is 4.30. The topological polar surface area (TPSA) is 36.7 Å². The van der Waals surface area contributed by atoms with Gasteiger partial charge in [0.2, 0.25) is 0 Å². The quantitative estimate of drug-likeness (QED) is 0.221. The lowest BCUT2D eigenvalue weighted by molar-refractivity contribution is 0.559. The van der Waals surface area contributed by atoms with Crippen LogP contribution in [0.1, 0.15) is 26.3 Å². The van der Waals surface area contributed by atoms with E-state index in [-0.39, 0.29) is 5.63 Å². The van der Waals surface area contributed by atoms with Crippen LogP contribution in [0.2, 0.25) is 0 Å². The second kappa shape index (κ2) is 10.4. The molecule has 2 aromatic carbocycles. The predicted molar refractivity (Wildman–Crippen MR) is 135 cm³/mol. The van der Waals surface area contributed by atoms with Gasteiger partial charge < -0.3 is 14.2 Å². The predicted octanol–water partition coefficient (Wildman–Crippen LogP) is 6.41. The van der Waals surface area contributed by atoms with E-state index in [1.54, 1.807) is 17.8 Å². The average Bonchev–Trinajstić information content (AvgIpc) is 2.78. The fraction of sp³-hybridized carbons (Fsp3) is 0.269. The molecule has 0 amide bonds. The number of allylic oxidation sites excluding steroid dienone is 1. The molecule has 0 bridgehead atoms. The Morgan fingerprint density at radius 3 is 2.52 bits per heavy atom. The molecular weight excluding hydrogens is 404 g/mol. The summed E-state index contributed by atoms with van der Waals surface area (Å²) in [6.45, 7) is 13.2. The van der Waals surface area contributed by atoms with Gasteiger partial charge in [0, 0.05) is 53.6 Å². The van der Waals surface area contributed by atoms with Crippen LogP contribution in [-0.4, -0.2) is 26.7 Å². The lowest BCUT2D eigenvalue weighted by Crippen LogP contribution is -2.21. The highest BCUT2D eigenvalue weighted by Gasteiger charge is 2.09. The molecule has 3 aromatic rings. The van der Waals surface area contributed by atoms with Crippen LogP contribution < -0.4 is 15.4 Å². The second-order valence-electron chi connectivity index (χ2n) is 7.27. The number of rotatable bonds is 9.